The molecule has 1 aliphatic heterocycles. The van der Waals surface area contributed by atoms with Crippen molar-refractivity contribution in [1.82, 2.24) is 4.90 Å². The topological polar surface area (TPSA) is 29.5 Å². The molecular weight excluding hydrogens is 262 g/mol. The number of carbonyl (C=O) groups is 1. The van der Waals surface area contributed by atoms with Crippen LogP contribution in [0.15, 0.2) is 18.2 Å². The van der Waals surface area contributed by atoms with Gasteiger partial charge in [-0.1, -0.05) is 23.8 Å². The van der Waals surface area contributed by atoms with E-state index in [1.807, 2.05) is 4.90 Å². The first-order chi connectivity index (χ1) is 10.1. The smallest absolute Gasteiger partial charge is 0.219 e. The van der Waals surface area contributed by atoms with Crippen molar-refractivity contribution < 1.29 is 9.53 Å². The van der Waals surface area contributed by atoms with Gasteiger partial charge in [0.2, 0.25) is 5.91 Å². The van der Waals surface area contributed by atoms with Gasteiger partial charge in [0.25, 0.3) is 0 Å². The highest BCUT2D eigenvalue weighted by molar-refractivity contribution is 5.73. The monoisotopic (exact) mass is 287 g/mol. The molecule has 3 heteroatoms. The van der Waals surface area contributed by atoms with Crippen LogP contribution >= 0.6 is 0 Å². The van der Waals surface area contributed by atoms with Gasteiger partial charge in [0, 0.05) is 32.0 Å². The molecule has 0 bridgehead atoms. The number of aryl methyl sites for hydroxylation is 1. The van der Waals surface area contributed by atoms with Gasteiger partial charge < -0.3 is 9.64 Å². The second kappa shape index (κ2) is 5.45. The van der Waals surface area contributed by atoms with Crippen LogP contribution in [0.4, 0.5) is 0 Å². The summed E-state index contributed by atoms with van der Waals surface area (Å²) in [5.41, 5.74) is 4.38. The molecule has 1 fully saturated rings. The number of nitrogens with zero attached hydrogens (tertiary/aromatic N) is 1. The highest BCUT2D eigenvalue weighted by atomic mass is 16.5. The van der Waals surface area contributed by atoms with Crippen LogP contribution in [0.5, 0.6) is 0 Å². The van der Waals surface area contributed by atoms with E-state index in [1.54, 1.807) is 6.92 Å². The van der Waals surface area contributed by atoms with Crippen molar-refractivity contribution in [2.75, 3.05) is 19.7 Å². The molecule has 0 radical (unpaired) electrons. The molecule has 1 spiro atoms. The Hall–Kier alpha value is -1.35. The molecule has 1 heterocycles. The SMILES string of the molecule is CCOC1CC2(CCN(C(C)=O)CC2)c2cc(C)ccc21. The zero-order chi connectivity index (χ0) is 15.0. The molecule has 1 unspecified atom stereocenters. The number of ether oxygens (including phenoxy) is 1. The summed E-state index contributed by atoms with van der Waals surface area (Å²) in [7, 11) is 0. The van der Waals surface area contributed by atoms with Crippen molar-refractivity contribution in [3.63, 3.8) is 0 Å². The van der Waals surface area contributed by atoms with E-state index >= 15 is 0 Å². The van der Waals surface area contributed by atoms with Gasteiger partial charge in [0.15, 0.2) is 0 Å². The maximum absolute atomic E-state index is 11.6. The van der Waals surface area contributed by atoms with Crippen molar-refractivity contribution in [3.8, 4) is 0 Å². The first-order valence-corrected chi connectivity index (χ1v) is 8.04. The Morgan fingerprint density at radius 1 is 1.38 bits per heavy atom. The third-order valence-corrected chi connectivity index (χ3v) is 5.24. The Balaban J connectivity index is 1.91. The lowest BCUT2D eigenvalue weighted by molar-refractivity contribution is -0.130. The van der Waals surface area contributed by atoms with Crippen LogP contribution in [0.2, 0.25) is 0 Å². The Bertz CT molecular complexity index is 544. The van der Waals surface area contributed by atoms with Crippen LogP contribution in [-0.2, 0) is 14.9 Å². The Kier molecular flexibility index (Phi) is 3.78. The molecule has 114 valence electrons. The average Bonchev–Trinajstić information content (AvgIpc) is 2.74. The molecule has 1 saturated heterocycles. The van der Waals surface area contributed by atoms with E-state index in [0.29, 0.717) is 0 Å². The number of rotatable bonds is 2. The molecule has 2 aliphatic rings. The normalized spacial score (nSPS) is 23.4. The third-order valence-electron chi connectivity index (χ3n) is 5.24. The van der Waals surface area contributed by atoms with E-state index in [0.717, 1.165) is 39.0 Å². The van der Waals surface area contributed by atoms with E-state index < -0.39 is 0 Å². The quantitative estimate of drug-likeness (QED) is 0.835. The molecule has 0 N–H and O–H groups in total. The van der Waals surface area contributed by atoms with Gasteiger partial charge in [0.1, 0.15) is 0 Å². The van der Waals surface area contributed by atoms with E-state index in [4.69, 9.17) is 4.74 Å². The summed E-state index contributed by atoms with van der Waals surface area (Å²) in [6.07, 6.45) is 3.43. The summed E-state index contributed by atoms with van der Waals surface area (Å²) in [5, 5.41) is 0. The second-order valence-electron chi connectivity index (χ2n) is 6.53. The van der Waals surface area contributed by atoms with Crippen LogP contribution in [0.25, 0.3) is 0 Å². The second-order valence-corrected chi connectivity index (χ2v) is 6.53. The fraction of sp³-hybridized carbons (Fsp3) is 0.611. The molecule has 0 saturated carbocycles. The predicted octanol–water partition coefficient (Wildman–Crippen LogP) is 3.36. The highest BCUT2D eigenvalue weighted by Crippen LogP contribution is 2.52. The molecular formula is C18H25NO2. The van der Waals surface area contributed by atoms with Gasteiger partial charge in [-0.05, 0) is 44.2 Å². The lowest BCUT2D eigenvalue weighted by Gasteiger charge is -2.40. The maximum atomic E-state index is 11.6. The lowest BCUT2D eigenvalue weighted by Crippen LogP contribution is -2.43. The number of likely N-dealkylation sites (tertiary alicyclic amines) is 1. The van der Waals surface area contributed by atoms with Crippen LogP contribution in [0.1, 0.15) is 55.9 Å². The maximum Gasteiger partial charge on any atom is 0.219 e. The lowest BCUT2D eigenvalue weighted by atomic mass is 9.73. The van der Waals surface area contributed by atoms with Crippen LogP contribution in [-0.4, -0.2) is 30.5 Å². The Labute approximate surface area is 127 Å². The molecule has 1 amide bonds. The van der Waals surface area contributed by atoms with Crippen molar-refractivity contribution in [3.05, 3.63) is 34.9 Å². The van der Waals surface area contributed by atoms with Crippen molar-refractivity contribution in [2.24, 2.45) is 0 Å². The fourth-order valence-corrected chi connectivity index (χ4v) is 4.06. The molecule has 21 heavy (non-hydrogen) atoms. The number of hydrogen-bond acceptors (Lipinski definition) is 2. The molecule has 3 rings (SSSR count). The molecule has 1 aliphatic carbocycles. The summed E-state index contributed by atoms with van der Waals surface area (Å²) in [5.74, 6) is 0.202. The standard InChI is InChI=1S/C18H25NO2/c1-4-21-17-12-18(7-9-19(10-8-18)14(3)20)16-11-13(2)5-6-15(16)17/h5-6,11,17H,4,7-10,12H2,1-3H3. The largest absolute Gasteiger partial charge is 0.374 e. The van der Waals surface area contributed by atoms with Crippen molar-refractivity contribution in [1.29, 1.82) is 0 Å². The van der Waals surface area contributed by atoms with Crippen LogP contribution in [0, 0.1) is 6.92 Å². The minimum Gasteiger partial charge on any atom is -0.374 e. The van der Waals surface area contributed by atoms with Gasteiger partial charge in [0.05, 0.1) is 6.10 Å². The minimum absolute atomic E-state index is 0.202. The van der Waals surface area contributed by atoms with Gasteiger partial charge in [-0.3, -0.25) is 4.79 Å². The number of fused-ring (bicyclic) bond motifs is 2. The minimum atomic E-state index is 0.202. The number of hydrogen-bond donors (Lipinski definition) is 0. The molecule has 1 atom stereocenters. The number of carbonyl (C=O) groups excluding carboxylic acids is 1. The molecule has 1 aromatic carbocycles. The molecule has 0 aromatic heterocycles. The molecule has 1 aromatic rings. The predicted molar refractivity (Wildman–Crippen MR) is 83.3 cm³/mol. The highest BCUT2D eigenvalue weighted by Gasteiger charge is 2.46. The Morgan fingerprint density at radius 2 is 2.10 bits per heavy atom. The van der Waals surface area contributed by atoms with Crippen molar-refractivity contribution >= 4 is 5.91 Å². The van der Waals surface area contributed by atoms with Crippen LogP contribution < -0.4 is 0 Å². The first-order valence-electron chi connectivity index (χ1n) is 8.04. The van der Waals surface area contributed by atoms with Gasteiger partial charge >= 0.3 is 0 Å². The summed E-state index contributed by atoms with van der Waals surface area (Å²) in [6.45, 7) is 8.41. The molecule has 3 nitrogen and oxygen atoms in total. The summed E-state index contributed by atoms with van der Waals surface area (Å²) in [4.78, 5) is 13.6. The zero-order valence-electron chi connectivity index (χ0n) is 13.3. The van der Waals surface area contributed by atoms with E-state index in [1.165, 1.54) is 16.7 Å². The number of piperidine rings is 1. The van der Waals surface area contributed by atoms with Crippen LogP contribution in [0.3, 0.4) is 0 Å². The Morgan fingerprint density at radius 3 is 2.71 bits per heavy atom. The summed E-state index contributed by atoms with van der Waals surface area (Å²) in [6, 6.07) is 6.78. The van der Waals surface area contributed by atoms with Gasteiger partial charge in [-0.15, -0.1) is 0 Å². The van der Waals surface area contributed by atoms with E-state index in [9.17, 15) is 4.79 Å². The summed E-state index contributed by atoms with van der Waals surface area (Å²) < 4.78 is 5.99. The van der Waals surface area contributed by atoms with Gasteiger partial charge in [-0.2, -0.15) is 0 Å². The average molecular weight is 287 g/mol. The fourth-order valence-electron chi connectivity index (χ4n) is 4.06. The summed E-state index contributed by atoms with van der Waals surface area (Å²) >= 11 is 0. The number of benzene rings is 1. The third kappa shape index (κ3) is 2.48. The zero-order valence-corrected chi connectivity index (χ0v) is 13.3. The van der Waals surface area contributed by atoms with E-state index in [-0.39, 0.29) is 17.4 Å². The van der Waals surface area contributed by atoms with Crippen molar-refractivity contribution in [2.45, 2.75) is 51.6 Å². The van der Waals surface area contributed by atoms with Gasteiger partial charge in [-0.25, -0.2) is 0 Å². The number of amides is 1. The van der Waals surface area contributed by atoms with E-state index in [2.05, 4.69) is 32.0 Å². The first kappa shape index (κ1) is 14.6.